The van der Waals surface area contributed by atoms with Crippen molar-refractivity contribution in [2.75, 3.05) is 0 Å². The molecule has 1 atom stereocenters. The van der Waals surface area contributed by atoms with E-state index in [1.165, 1.54) is 12.1 Å². The van der Waals surface area contributed by atoms with Crippen molar-refractivity contribution in [3.05, 3.63) is 84.6 Å². The van der Waals surface area contributed by atoms with Gasteiger partial charge in [-0.25, -0.2) is 0 Å². The third-order valence-electron chi connectivity index (χ3n) is 5.47. The number of furan rings is 1. The zero-order chi connectivity index (χ0) is 26.6. The van der Waals surface area contributed by atoms with Gasteiger partial charge in [0.05, 0.1) is 0 Å². The molecule has 0 aliphatic carbocycles. The molecule has 0 bridgehead atoms. The van der Waals surface area contributed by atoms with Crippen molar-refractivity contribution in [3.63, 3.8) is 0 Å². The molecule has 0 spiro atoms. The number of carbonyl (C=O) groups excluding carboxylic acids is 1. The number of aliphatic carboxylic acids is 2. The average molecular weight is 582 g/mol. The summed E-state index contributed by atoms with van der Waals surface area (Å²) in [6, 6.07) is 20.9. The molecule has 11 heteroatoms. The van der Waals surface area contributed by atoms with Gasteiger partial charge in [0.15, 0.2) is 0 Å². The summed E-state index contributed by atoms with van der Waals surface area (Å²) in [6.07, 6.45) is -0.865. The van der Waals surface area contributed by atoms with Gasteiger partial charge in [-0.15, -0.1) is 0 Å². The fourth-order valence-corrected chi connectivity index (χ4v) is 6.37. The van der Waals surface area contributed by atoms with Crippen LogP contribution in [0.25, 0.3) is 22.1 Å². The number of benzene rings is 3. The van der Waals surface area contributed by atoms with Gasteiger partial charge in [0.2, 0.25) is 0 Å². The molecule has 3 N–H and O–H groups in total. The van der Waals surface area contributed by atoms with Gasteiger partial charge >= 0.3 is 193 Å². The van der Waals surface area contributed by atoms with Crippen molar-refractivity contribution < 1.29 is 37.4 Å². The molecule has 4 rings (SSSR count). The van der Waals surface area contributed by atoms with E-state index in [0.717, 1.165) is 20.9 Å². The quantitative estimate of drug-likeness (QED) is 0.229. The number of hydrogen-bond acceptors (Lipinski definition) is 6. The van der Waals surface area contributed by atoms with Crippen LogP contribution in [0, 0.1) is 0 Å². The van der Waals surface area contributed by atoms with E-state index in [9.17, 15) is 27.9 Å². The summed E-state index contributed by atoms with van der Waals surface area (Å²) in [5, 5.41) is 18.8. The molecular weight excluding hydrogens is 561 g/mol. The Balaban J connectivity index is 1.43. The Morgan fingerprint density at radius 1 is 0.892 bits per heavy atom. The first kappa shape index (κ1) is 26.3. The number of carbonyl (C=O) groups is 3. The summed E-state index contributed by atoms with van der Waals surface area (Å²) in [6.45, 7) is 0. The van der Waals surface area contributed by atoms with Gasteiger partial charge in [0, 0.05) is 6.42 Å². The SMILES string of the molecule is O=C(O)CC[C@@H](NS(=O)(=O)c1ccc(-c2ccc([As]C(=O)c3cc4ccccc4o3)cc2)cc1)C(=O)O. The molecule has 0 amide bonds. The van der Waals surface area contributed by atoms with Gasteiger partial charge in [0.25, 0.3) is 0 Å². The van der Waals surface area contributed by atoms with E-state index >= 15 is 0 Å². The van der Waals surface area contributed by atoms with Crippen LogP contribution in [-0.4, -0.2) is 56.9 Å². The van der Waals surface area contributed by atoms with Gasteiger partial charge < -0.3 is 10.2 Å². The first-order valence-corrected chi connectivity index (χ1v) is 14.4. The molecule has 0 saturated heterocycles. The van der Waals surface area contributed by atoms with Gasteiger partial charge in [-0.05, 0) is 0 Å². The van der Waals surface area contributed by atoms with Gasteiger partial charge in [-0.1, -0.05) is 0 Å². The van der Waals surface area contributed by atoms with Crippen LogP contribution in [-0.2, 0) is 19.6 Å². The Bertz CT molecular complexity index is 1530. The number of carboxylic acid groups (broad SMARTS) is 2. The second-order valence-electron chi connectivity index (χ2n) is 8.08. The number of sulfonamides is 1. The molecule has 0 fully saturated rings. The number of nitrogens with one attached hydrogen (secondary N) is 1. The molecular formula is C26H21AsNO8S. The van der Waals surface area contributed by atoms with E-state index < -0.39 is 50.2 Å². The van der Waals surface area contributed by atoms with Crippen LogP contribution in [0.1, 0.15) is 23.4 Å². The molecule has 1 aromatic heterocycles. The summed E-state index contributed by atoms with van der Waals surface area (Å²) in [4.78, 5) is 34.6. The van der Waals surface area contributed by atoms with Crippen LogP contribution in [0.5, 0.6) is 0 Å². The maximum atomic E-state index is 12.7. The first-order chi connectivity index (χ1) is 17.6. The third kappa shape index (κ3) is 6.54. The van der Waals surface area contributed by atoms with Crippen molar-refractivity contribution in [2.24, 2.45) is 0 Å². The van der Waals surface area contributed by atoms with Gasteiger partial charge in [0.1, 0.15) is 0 Å². The van der Waals surface area contributed by atoms with E-state index in [-0.39, 0.29) is 15.9 Å². The summed E-state index contributed by atoms with van der Waals surface area (Å²) >= 11 is -0.814. The zero-order valence-corrected chi connectivity index (χ0v) is 21.9. The smallest absolute Gasteiger partial charge is 0.480 e. The molecule has 9 nitrogen and oxygen atoms in total. The number of hydrogen-bond donors (Lipinski definition) is 3. The first-order valence-electron chi connectivity index (χ1n) is 11.0. The summed E-state index contributed by atoms with van der Waals surface area (Å²) < 4.78 is 33.7. The van der Waals surface area contributed by atoms with E-state index in [2.05, 4.69) is 0 Å². The number of rotatable bonds is 11. The molecule has 1 radical (unpaired) electrons. The molecule has 0 saturated carbocycles. The number of fused-ring (bicyclic) bond motifs is 1. The Labute approximate surface area is 218 Å². The number of carboxylic acids is 2. The van der Waals surface area contributed by atoms with Crippen LogP contribution in [0.4, 0.5) is 0 Å². The summed E-state index contributed by atoms with van der Waals surface area (Å²) in [5.74, 6) is -2.34. The summed E-state index contributed by atoms with van der Waals surface area (Å²) in [7, 11) is -4.17. The third-order valence-corrected chi connectivity index (χ3v) is 9.02. The van der Waals surface area contributed by atoms with Crippen LogP contribution in [0.2, 0.25) is 0 Å². The zero-order valence-electron chi connectivity index (χ0n) is 19.2. The average Bonchev–Trinajstić information content (AvgIpc) is 3.31. The standard InChI is InChI=1S/C26H21AsNO8S/c29-24(30)14-13-21(26(32)33)28-37(34,35)20-11-7-17(8-12-20)16-5-9-19(10-6-16)27-25(31)23-15-18-3-1-2-4-22(18)36-23/h1-12,15,21,28H,13-14H2,(H,29,30)(H,32,33)/t21-/m1/s1. The molecule has 189 valence electrons. The Hall–Kier alpha value is -3.72. The van der Waals surface area contributed by atoms with Crippen molar-refractivity contribution >= 4 is 57.6 Å². The fourth-order valence-electron chi connectivity index (χ4n) is 3.57. The second kappa shape index (κ2) is 11.1. The summed E-state index contributed by atoms with van der Waals surface area (Å²) in [5.41, 5.74) is 2.20. The van der Waals surface area contributed by atoms with Crippen molar-refractivity contribution in [2.45, 2.75) is 23.8 Å². The van der Waals surface area contributed by atoms with Gasteiger partial charge in [-0.2, -0.15) is 0 Å². The van der Waals surface area contributed by atoms with E-state index in [0.29, 0.717) is 11.3 Å². The Morgan fingerprint density at radius 3 is 2.11 bits per heavy atom. The minimum atomic E-state index is -4.17. The van der Waals surface area contributed by atoms with E-state index in [4.69, 9.17) is 9.52 Å². The molecule has 0 unspecified atom stereocenters. The van der Waals surface area contributed by atoms with E-state index in [1.807, 2.05) is 53.3 Å². The van der Waals surface area contributed by atoms with Gasteiger partial charge in [-0.3, -0.25) is 9.59 Å². The second-order valence-corrected chi connectivity index (χ2v) is 12.2. The van der Waals surface area contributed by atoms with Crippen LogP contribution in [0.3, 0.4) is 0 Å². The van der Waals surface area contributed by atoms with Crippen molar-refractivity contribution in [1.82, 2.24) is 4.72 Å². The molecule has 4 aromatic rings. The molecule has 0 aliphatic heterocycles. The minimum absolute atomic E-state index is 0.0507. The van der Waals surface area contributed by atoms with Crippen molar-refractivity contribution in [3.8, 4) is 11.1 Å². The van der Waals surface area contributed by atoms with Crippen LogP contribution >= 0.6 is 0 Å². The maximum absolute atomic E-state index is 12.7. The van der Waals surface area contributed by atoms with Crippen LogP contribution in [0.15, 0.2) is 88.2 Å². The molecule has 0 aliphatic rings. The van der Waals surface area contributed by atoms with Crippen LogP contribution < -0.4 is 9.07 Å². The van der Waals surface area contributed by atoms with Crippen molar-refractivity contribution in [1.29, 1.82) is 0 Å². The molecule has 3 aromatic carbocycles. The molecule has 1 heterocycles. The predicted molar refractivity (Wildman–Crippen MR) is 136 cm³/mol. The Kier molecular flexibility index (Phi) is 7.92. The van der Waals surface area contributed by atoms with E-state index in [1.54, 1.807) is 18.2 Å². The predicted octanol–water partition coefficient (Wildman–Crippen LogP) is 2.87. The minimum Gasteiger partial charge on any atom is -0.480 e. The molecule has 37 heavy (non-hydrogen) atoms. The Morgan fingerprint density at radius 2 is 1.51 bits per heavy atom. The topological polar surface area (TPSA) is 151 Å². The normalized spacial score (nSPS) is 12.6. The monoisotopic (exact) mass is 582 g/mol. The fraction of sp³-hybridized carbons (Fsp3) is 0.115. The number of para-hydroxylation sites is 1.